The monoisotopic (exact) mass is 393 g/mol. The van der Waals surface area contributed by atoms with E-state index in [-0.39, 0.29) is 51.8 Å². The number of benzene rings is 1. The molecule has 0 saturated carbocycles. The lowest BCUT2D eigenvalue weighted by Crippen LogP contribution is -2.15. The minimum atomic E-state index is -0.665. The van der Waals surface area contributed by atoms with E-state index in [1.165, 1.54) is 13.0 Å². The number of hydrogen-bond acceptors (Lipinski definition) is 5. The summed E-state index contributed by atoms with van der Waals surface area (Å²) < 4.78 is 13.4. The van der Waals surface area contributed by atoms with Gasteiger partial charge in [0, 0.05) is 35.8 Å². The molecule has 2 atom stereocenters. The standard InChI is InChI=1S/C13H16FNO2.C9H16O2/c1-4-7(2)13(17)10-5-11(14)12(15)6-9(10)8(3)16;1-4-9(11)6-5-7(2)8(3)10/h5-7H,4,15H2,1-3H3;7H,4-6H2,1-3H3. The third-order valence-corrected chi connectivity index (χ3v) is 4.79. The number of carbonyl (C=O) groups is 4. The molecule has 0 bridgehead atoms. The zero-order chi connectivity index (χ0) is 22.0. The first-order valence-electron chi connectivity index (χ1n) is 9.62. The van der Waals surface area contributed by atoms with Crippen molar-refractivity contribution in [1.82, 2.24) is 0 Å². The van der Waals surface area contributed by atoms with E-state index in [4.69, 9.17) is 5.73 Å². The fourth-order valence-corrected chi connectivity index (χ4v) is 2.29. The van der Waals surface area contributed by atoms with Gasteiger partial charge in [-0.05, 0) is 38.8 Å². The molecule has 0 radical (unpaired) electrons. The van der Waals surface area contributed by atoms with Gasteiger partial charge >= 0.3 is 0 Å². The van der Waals surface area contributed by atoms with Gasteiger partial charge in [0.15, 0.2) is 11.6 Å². The largest absolute Gasteiger partial charge is 0.396 e. The number of anilines is 1. The van der Waals surface area contributed by atoms with Crippen molar-refractivity contribution < 1.29 is 23.6 Å². The predicted octanol–water partition coefficient (Wildman–Crippen LogP) is 4.81. The topological polar surface area (TPSA) is 94.3 Å². The molecule has 2 unspecified atom stereocenters. The van der Waals surface area contributed by atoms with E-state index < -0.39 is 5.82 Å². The number of rotatable bonds is 9. The molecule has 0 fully saturated rings. The van der Waals surface area contributed by atoms with Gasteiger partial charge in [-0.1, -0.05) is 27.7 Å². The summed E-state index contributed by atoms with van der Waals surface area (Å²) in [6.07, 6.45) is 2.49. The van der Waals surface area contributed by atoms with Gasteiger partial charge in [0.1, 0.15) is 17.4 Å². The maximum atomic E-state index is 13.4. The van der Waals surface area contributed by atoms with Crippen molar-refractivity contribution in [2.24, 2.45) is 11.8 Å². The summed E-state index contributed by atoms with van der Waals surface area (Å²) in [6.45, 7) is 10.2. The van der Waals surface area contributed by atoms with Crippen LogP contribution in [0.15, 0.2) is 12.1 Å². The average molecular weight is 393 g/mol. The molecule has 1 rings (SSSR count). The second-order valence-electron chi connectivity index (χ2n) is 7.09. The summed E-state index contributed by atoms with van der Waals surface area (Å²) in [5, 5.41) is 0. The van der Waals surface area contributed by atoms with Crippen LogP contribution in [-0.4, -0.2) is 23.1 Å². The summed E-state index contributed by atoms with van der Waals surface area (Å²) in [6, 6.07) is 2.29. The van der Waals surface area contributed by atoms with Gasteiger partial charge in [-0.3, -0.25) is 19.2 Å². The molecule has 0 aliphatic heterocycles. The van der Waals surface area contributed by atoms with Crippen molar-refractivity contribution in [3.05, 3.63) is 29.1 Å². The highest BCUT2D eigenvalue weighted by Gasteiger charge is 2.21. The Morgan fingerprint density at radius 2 is 1.57 bits per heavy atom. The second-order valence-corrected chi connectivity index (χ2v) is 7.09. The lowest BCUT2D eigenvalue weighted by Gasteiger charge is -2.12. The summed E-state index contributed by atoms with van der Waals surface area (Å²) in [5.74, 6) is -0.949. The Balaban J connectivity index is 0.000000576. The van der Waals surface area contributed by atoms with Gasteiger partial charge in [0.2, 0.25) is 0 Å². The Hall–Kier alpha value is -2.37. The van der Waals surface area contributed by atoms with Crippen LogP contribution in [0.5, 0.6) is 0 Å². The second kappa shape index (κ2) is 12.2. The highest BCUT2D eigenvalue weighted by molar-refractivity contribution is 6.09. The Kier molecular flexibility index (Phi) is 11.1. The maximum Gasteiger partial charge on any atom is 0.166 e. The van der Waals surface area contributed by atoms with Crippen LogP contribution in [0.4, 0.5) is 10.1 Å². The van der Waals surface area contributed by atoms with E-state index in [0.717, 1.165) is 6.07 Å². The van der Waals surface area contributed by atoms with E-state index in [2.05, 4.69) is 0 Å². The molecule has 6 heteroatoms. The fourth-order valence-electron chi connectivity index (χ4n) is 2.29. The Bertz CT molecular complexity index is 727. The SMILES string of the molecule is CCC(=O)CCC(C)C(C)=O.CCC(C)C(=O)c1cc(F)c(N)cc1C(C)=O. The third-order valence-electron chi connectivity index (χ3n) is 4.79. The number of hydrogen-bond donors (Lipinski definition) is 1. The van der Waals surface area contributed by atoms with Gasteiger partial charge in [-0.25, -0.2) is 4.39 Å². The molecule has 156 valence electrons. The molecule has 0 aliphatic carbocycles. The Morgan fingerprint density at radius 1 is 1.00 bits per heavy atom. The molecule has 1 aromatic rings. The number of nitrogen functional groups attached to an aromatic ring is 1. The first-order valence-corrected chi connectivity index (χ1v) is 9.62. The quantitative estimate of drug-likeness (QED) is 0.480. The highest BCUT2D eigenvalue weighted by atomic mass is 19.1. The van der Waals surface area contributed by atoms with Gasteiger partial charge < -0.3 is 5.73 Å². The minimum absolute atomic E-state index is 0.0468. The van der Waals surface area contributed by atoms with Crippen LogP contribution in [0, 0.1) is 17.7 Å². The van der Waals surface area contributed by atoms with Crippen molar-refractivity contribution in [3.63, 3.8) is 0 Å². The van der Waals surface area contributed by atoms with Crippen LogP contribution in [0.3, 0.4) is 0 Å². The van der Waals surface area contributed by atoms with Crippen LogP contribution in [0.1, 0.15) is 87.9 Å². The van der Waals surface area contributed by atoms with Crippen molar-refractivity contribution in [3.8, 4) is 0 Å². The summed E-state index contributed by atoms with van der Waals surface area (Å²) in [7, 11) is 0. The summed E-state index contributed by atoms with van der Waals surface area (Å²) >= 11 is 0. The van der Waals surface area contributed by atoms with Crippen LogP contribution in [0.2, 0.25) is 0 Å². The number of nitrogens with two attached hydrogens (primary N) is 1. The number of halogens is 1. The third kappa shape index (κ3) is 8.11. The first-order chi connectivity index (χ1) is 13.0. The van der Waals surface area contributed by atoms with Crippen LogP contribution in [0.25, 0.3) is 0 Å². The van der Waals surface area contributed by atoms with Gasteiger partial charge in [0.05, 0.1) is 5.69 Å². The van der Waals surface area contributed by atoms with Gasteiger partial charge in [-0.15, -0.1) is 0 Å². The molecule has 0 amide bonds. The van der Waals surface area contributed by atoms with E-state index in [9.17, 15) is 23.6 Å². The molecule has 1 aromatic carbocycles. The number of ketones is 4. The molecule has 0 heterocycles. The van der Waals surface area contributed by atoms with Crippen molar-refractivity contribution in [1.29, 1.82) is 0 Å². The Labute approximate surface area is 166 Å². The smallest absolute Gasteiger partial charge is 0.166 e. The van der Waals surface area contributed by atoms with Crippen LogP contribution in [-0.2, 0) is 9.59 Å². The first kappa shape index (κ1) is 25.6. The Morgan fingerprint density at radius 3 is 2.00 bits per heavy atom. The molecule has 0 aromatic heterocycles. The van der Waals surface area contributed by atoms with Gasteiger partial charge in [0.25, 0.3) is 0 Å². The summed E-state index contributed by atoms with van der Waals surface area (Å²) in [5.41, 5.74) is 5.60. The van der Waals surface area contributed by atoms with Crippen molar-refractivity contribution in [2.45, 2.75) is 67.2 Å². The zero-order valence-electron chi connectivity index (χ0n) is 17.7. The molecule has 2 N–H and O–H groups in total. The maximum absolute atomic E-state index is 13.4. The highest BCUT2D eigenvalue weighted by Crippen LogP contribution is 2.22. The van der Waals surface area contributed by atoms with Crippen molar-refractivity contribution in [2.75, 3.05) is 5.73 Å². The van der Waals surface area contributed by atoms with E-state index in [1.807, 2.05) is 20.8 Å². The van der Waals surface area contributed by atoms with Gasteiger partial charge in [-0.2, -0.15) is 0 Å². The summed E-state index contributed by atoms with van der Waals surface area (Å²) in [4.78, 5) is 45.0. The normalized spacial score (nSPS) is 12.4. The molecule has 0 saturated heterocycles. The minimum Gasteiger partial charge on any atom is -0.396 e. The molecule has 0 spiro atoms. The van der Waals surface area contributed by atoms with E-state index in [1.54, 1.807) is 13.8 Å². The molecular formula is C22H32FNO4. The van der Waals surface area contributed by atoms with Crippen LogP contribution >= 0.6 is 0 Å². The molecule has 0 aliphatic rings. The van der Waals surface area contributed by atoms with E-state index >= 15 is 0 Å². The predicted molar refractivity (Wildman–Crippen MR) is 109 cm³/mol. The number of Topliss-reactive ketones (excluding diaryl/α,β-unsaturated/α-hetero) is 4. The molecular weight excluding hydrogens is 361 g/mol. The lowest BCUT2D eigenvalue weighted by molar-refractivity contribution is -0.121. The molecule has 28 heavy (non-hydrogen) atoms. The van der Waals surface area contributed by atoms with E-state index in [0.29, 0.717) is 25.7 Å². The van der Waals surface area contributed by atoms with Crippen molar-refractivity contribution >= 4 is 28.8 Å². The fraction of sp³-hybridized carbons (Fsp3) is 0.545. The lowest BCUT2D eigenvalue weighted by atomic mass is 9.92. The average Bonchev–Trinajstić information content (AvgIpc) is 2.66. The van der Waals surface area contributed by atoms with Crippen LogP contribution < -0.4 is 5.73 Å². The number of carbonyl (C=O) groups excluding carboxylic acids is 4. The zero-order valence-corrected chi connectivity index (χ0v) is 17.7. The molecule has 5 nitrogen and oxygen atoms in total.